The van der Waals surface area contributed by atoms with Gasteiger partial charge in [0, 0.05) is 45.7 Å². The molecule has 1 atom stereocenters. The number of aryl methyl sites for hydroxylation is 1. The summed E-state index contributed by atoms with van der Waals surface area (Å²) in [4.78, 5) is 10.6. The van der Waals surface area contributed by atoms with Gasteiger partial charge in [0.05, 0.1) is 5.56 Å². The van der Waals surface area contributed by atoms with Crippen molar-refractivity contribution in [3.8, 4) is 0 Å². The monoisotopic (exact) mass is 538 g/mol. The van der Waals surface area contributed by atoms with Gasteiger partial charge in [-0.1, -0.05) is 17.3 Å². The van der Waals surface area contributed by atoms with Gasteiger partial charge in [0.1, 0.15) is 0 Å². The highest BCUT2D eigenvalue weighted by Gasteiger charge is 2.30. The fourth-order valence-electron chi connectivity index (χ4n) is 3.27. The largest absolute Gasteiger partial charge is 0.416 e. The zero-order valence-corrected chi connectivity index (χ0v) is 19.2. The first-order valence-corrected chi connectivity index (χ1v) is 9.48. The van der Waals surface area contributed by atoms with Crippen molar-refractivity contribution < 1.29 is 17.7 Å². The van der Waals surface area contributed by atoms with Crippen LogP contribution < -0.4 is 10.6 Å². The van der Waals surface area contributed by atoms with Gasteiger partial charge in [-0.25, -0.2) is 0 Å². The summed E-state index contributed by atoms with van der Waals surface area (Å²) in [5.41, 5.74) is 0.254. The van der Waals surface area contributed by atoms with Gasteiger partial charge in [0.15, 0.2) is 11.8 Å². The van der Waals surface area contributed by atoms with Crippen LogP contribution in [0.4, 0.5) is 13.2 Å². The molecular formula is C19H26F3IN6O. The van der Waals surface area contributed by atoms with Crippen LogP contribution in [0.5, 0.6) is 0 Å². The average Bonchev–Trinajstić information content (AvgIpc) is 3.29. The molecule has 1 unspecified atom stereocenters. The fourth-order valence-corrected chi connectivity index (χ4v) is 3.27. The lowest BCUT2D eigenvalue weighted by molar-refractivity contribution is -0.137. The molecule has 1 aliphatic heterocycles. The molecule has 2 heterocycles. The van der Waals surface area contributed by atoms with Crippen LogP contribution in [0.15, 0.2) is 33.8 Å². The highest BCUT2D eigenvalue weighted by atomic mass is 127. The minimum Gasteiger partial charge on any atom is -0.356 e. The molecule has 1 aliphatic rings. The van der Waals surface area contributed by atoms with Gasteiger partial charge < -0.3 is 15.2 Å². The summed E-state index contributed by atoms with van der Waals surface area (Å²) in [5, 5.41) is 10.4. The topological polar surface area (TPSA) is 78.6 Å². The molecule has 7 nitrogen and oxygen atoms in total. The van der Waals surface area contributed by atoms with Crippen LogP contribution in [0.1, 0.15) is 29.3 Å². The summed E-state index contributed by atoms with van der Waals surface area (Å²) in [6.07, 6.45) is -2.76. The lowest BCUT2D eigenvalue weighted by Crippen LogP contribution is -2.45. The fraction of sp³-hybridized carbons (Fsp3) is 0.526. The molecule has 0 aliphatic carbocycles. The number of hydrogen-bond donors (Lipinski definition) is 2. The van der Waals surface area contributed by atoms with E-state index in [4.69, 9.17) is 4.52 Å². The SMILES string of the molecule is CN=C(NCCc1nc(C)no1)NC1CCN(Cc2ccc(C(F)(F)F)cc2)C1.I. The number of alkyl halides is 3. The predicted octanol–water partition coefficient (Wildman–Crippen LogP) is 3.00. The molecule has 11 heteroatoms. The number of nitrogens with one attached hydrogen (secondary N) is 2. The van der Waals surface area contributed by atoms with Crippen molar-refractivity contribution in [2.24, 2.45) is 4.99 Å². The second kappa shape index (κ2) is 10.9. The van der Waals surface area contributed by atoms with E-state index in [1.165, 1.54) is 0 Å². The lowest BCUT2D eigenvalue weighted by atomic mass is 10.1. The molecule has 1 saturated heterocycles. The third kappa shape index (κ3) is 7.11. The third-order valence-electron chi connectivity index (χ3n) is 4.73. The van der Waals surface area contributed by atoms with E-state index in [2.05, 4.69) is 30.7 Å². The van der Waals surface area contributed by atoms with Crippen molar-refractivity contribution in [3.05, 3.63) is 47.1 Å². The number of hydrogen-bond acceptors (Lipinski definition) is 5. The number of aromatic nitrogens is 2. The second-order valence-corrected chi connectivity index (χ2v) is 7.04. The molecule has 1 aromatic carbocycles. The average molecular weight is 538 g/mol. The predicted molar refractivity (Wildman–Crippen MR) is 118 cm³/mol. The minimum atomic E-state index is -4.30. The van der Waals surface area contributed by atoms with Crippen molar-refractivity contribution in [2.45, 2.75) is 38.5 Å². The van der Waals surface area contributed by atoms with Crippen LogP contribution in [0.3, 0.4) is 0 Å². The standard InChI is InChI=1S/C19H25F3N6O.HI/c1-13-25-17(29-27-13)7-9-24-18(23-2)26-16-8-10-28(12-16)11-14-3-5-15(6-4-14)19(20,21)22;/h3-6,16H,7-12H2,1-2H3,(H2,23,24,26);1H. The molecule has 2 N–H and O–H groups in total. The highest BCUT2D eigenvalue weighted by Crippen LogP contribution is 2.29. The minimum absolute atomic E-state index is 0. The van der Waals surface area contributed by atoms with Crippen molar-refractivity contribution in [3.63, 3.8) is 0 Å². The van der Waals surface area contributed by atoms with Crippen LogP contribution in [-0.4, -0.2) is 53.7 Å². The number of halogens is 4. The summed E-state index contributed by atoms with van der Waals surface area (Å²) in [7, 11) is 1.71. The molecule has 0 amide bonds. The summed E-state index contributed by atoms with van der Waals surface area (Å²) < 4.78 is 43.1. The maximum atomic E-state index is 12.7. The Bertz CT molecular complexity index is 824. The summed E-state index contributed by atoms with van der Waals surface area (Å²) in [5.74, 6) is 1.89. The molecule has 1 aromatic heterocycles. The summed E-state index contributed by atoms with van der Waals surface area (Å²) >= 11 is 0. The van der Waals surface area contributed by atoms with Crippen LogP contribution >= 0.6 is 24.0 Å². The Kier molecular flexibility index (Phi) is 8.89. The van der Waals surface area contributed by atoms with Crippen LogP contribution in [0, 0.1) is 6.92 Å². The first kappa shape index (κ1) is 24.4. The molecule has 2 aromatic rings. The van der Waals surface area contributed by atoms with Crippen molar-refractivity contribution >= 4 is 29.9 Å². The van der Waals surface area contributed by atoms with Crippen LogP contribution in [0.2, 0.25) is 0 Å². The molecule has 0 spiro atoms. The Morgan fingerprint density at radius 3 is 2.63 bits per heavy atom. The lowest BCUT2D eigenvalue weighted by Gasteiger charge is -2.19. The van der Waals surface area contributed by atoms with E-state index in [0.29, 0.717) is 37.2 Å². The first-order valence-electron chi connectivity index (χ1n) is 9.48. The van der Waals surface area contributed by atoms with Gasteiger partial charge in [-0.3, -0.25) is 9.89 Å². The van der Waals surface area contributed by atoms with E-state index in [-0.39, 0.29) is 30.0 Å². The van der Waals surface area contributed by atoms with E-state index in [1.807, 2.05) is 0 Å². The Balaban J connectivity index is 0.00000320. The molecule has 166 valence electrons. The Labute approximate surface area is 190 Å². The molecular weight excluding hydrogens is 512 g/mol. The maximum Gasteiger partial charge on any atom is 0.416 e. The Morgan fingerprint density at radius 2 is 2.03 bits per heavy atom. The Morgan fingerprint density at radius 1 is 1.30 bits per heavy atom. The number of nitrogens with zero attached hydrogens (tertiary/aromatic N) is 4. The second-order valence-electron chi connectivity index (χ2n) is 7.04. The smallest absolute Gasteiger partial charge is 0.356 e. The van der Waals surface area contributed by atoms with Crippen molar-refractivity contribution in [2.75, 3.05) is 26.7 Å². The van der Waals surface area contributed by atoms with E-state index < -0.39 is 11.7 Å². The number of guanidine groups is 1. The molecule has 3 rings (SSSR count). The van der Waals surface area contributed by atoms with Crippen LogP contribution in [0.25, 0.3) is 0 Å². The van der Waals surface area contributed by atoms with Crippen molar-refractivity contribution in [1.29, 1.82) is 0 Å². The molecule has 1 fully saturated rings. The molecule has 0 saturated carbocycles. The van der Waals surface area contributed by atoms with E-state index in [1.54, 1.807) is 26.1 Å². The van der Waals surface area contributed by atoms with E-state index >= 15 is 0 Å². The normalized spacial score (nSPS) is 17.6. The highest BCUT2D eigenvalue weighted by molar-refractivity contribution is 14.0. The zero-order chi connectivity index (χ0) is 20.9. The molecule has 0 radical (unpaired) electrons. The quantitative estimate of drug-likeness (QED) is 0.335. The molecule has 0 bridgehead atoms. The number of benzene rings is 1. The summed E-state index contributed by atoms with van der Waals surface area (Å²) in [6, 6.07) is 5.59. The van der Waals surface area contributed by atoms with Crippen LogP contribution in [-0.2, 0) is 19.1 Å². The maximum absolute atomic E-state index is 12.7. The van der Waals surface area contributed by atoms with Gasteiger partial charge in [0.2, 0.25) is 5.89 Å². The number of rotatable bonds is 6. The van der Waals surface area contributed by atoms with Gasteiger partial charge in [-0.2, -0.15) is 18.2 Å². The van der Waals surface area contributed by atoms with E-state index in [9.17, 15) is 13.2 Å². The zero-order valence-electron chi connectivity index (χ0n) is 16.9. The van der Waals surface area contributed by atoms with Gasteiger partial charge in [-0.05, 0) is 31.0 Å². The summed E-state index contributed by atoms with van der Waals surface area (Å²) in [6.45, 7) is 4.68. The molecule has 30 heavy (non-hydrogen) atoms. The van der Waals surface area contributed by atoms with E-state index in [0.717, 1.165) is 37.2 Å². The Hall–Kier alpha value is -1.89. The van der Waals surface area contributed by atoms with Crippen molar-refractivity contribution in [1.82, 2.24) is 25.7 Å². The third-order valence-corrected chi connectivity index (χ3v) is 4.73. The van der Waals surface area contributed by atoms with Gasteiger partial charge in [-0.15, -0.1) is 24.0 Å². The van der Waals surface area contributed by atoms with Gasteiger partial charge >= 0.3 is 6.18 Å². The van der Waals surface area contributed by atoms with Gasteiger partial charge in [0.25, 0.3) is 0 Å². The number of likely N-dealkylation sites (tertiary alicyclic amines) is 1. The number of aliphatic imine (C=N–C) groups is 1. The first-order chi connectivity index (χ1) is 13.8.